The molecule has 0 aliphatic carbocycles. The normalized spacial score (nSPS) is 16.8. The van der Waals surface area contributed by atoms with Gasteiger partial charge in [-0.25, -0.2) is 4.79 Å². The van der Waals surface area contributed by atoms with Gasteiger partial charge in [-0.15, -0.1) is 0 Å². The van der Waals surface area contributed by atoms with E-state index < -0.39 is 35.9 Å². The van der Waals surface area contributed by atoms with Crippen LogP contribution >= 0.6 is 11.8 Å². The second-order valence-electron chi connectivity index (χ2n) is 10.7. The number of amides is 2. The molecule has 0 radical (unpaired) electrons. The molecule has 4 unspecified atom stereocenters. The molecule has 1 aromatic carbocycles. The number of unbranched alkanes of at least 4 members (excludes halogenated alkanes) is 2. The van der Waals surface area contributed by atoms with Crippen LogP contribution < -0.4 is 15.8 Å². The minimum Gasteiger partial charge on any atom is -0.504 e. The van der Waals surface area contributed by atoms with E-state index in [9.17, 15) is 34.2 Å². The number of phenols is 1. The predicted octanol–water partition coefficient (Wildman–Crippen LogP) is 2.84. The van der Waals surface area contributed by atoms with Gasteiger partial charge in [0, 0.05) is 36.8 Å². The number of carboxylic acids is 1. The Morgan fingerprint density at radius 2 is 1.98 bits per heavy atom. The number of thioether (sulfide) groups is 1. The molecule has 2 amide bonds. The van der Waals surface area contributed by atoms with Gasteiger partial charge in [0.25, 0.3) is 0 Å². The second kappa shape index (κ2) is 18.4. The number of methoxy groups -OCH3 is 1. The second-order valence-corrected chi connectivity index (χ2v) is 12.0. The Labute approximate surface area is 251 Å². The third-order valence-electron chi connectivity index (χ3n) is 7.35. The van der Waals surface area contributed by atoms with Crippen LogP contribution in [0.2, 0.25) is 0 Å². The van der Waals surface area contributed by atoms with Crippen molar-refractivity contribution in [3.63, 3.8) is 0 Å². The molecule has 0 bridgehead atoms. The van der Waals surface area contributed by atoms with Crippen molar-refractivity contribution in [3.8, 4) is 11.5 Å². The summed E-state index contributed by atoms with van der Waals surface area (Å²) >= 11 is 1.44. The molecule has 1 aliphatic heterocycles. The van der Waals surface area contributed by atoms with Crippen LogP contribution in [0.25, 0.3) is 0 Å². The van der Waals surface area contributed by atoms with E-state index in [4.69, 9.17) is 10.5 Å². The summed E-state index contributed by atoms with van der Waals surface area (Å²) in [5.41, 5.74) is 6.48. The lowest BCUT2D eigenvalue weighted by Gasteiger charge is -2.28. The number of carbonyl (C=O) groups excluding carboxylic acids is 4. The molecule has 2 rings (SSSR count). The quantitative estimate of drug-likeness (QED) is 0.127. The van der Waals surface area contributed by atoms with Crippen LogP contribution in [0.3, 0.4) is 0 Å². The highest BCUT2D eigenvalue weighted by Crippen LogP contribution is 2.28. The Morgan fingerprint density at radius 1 is 1.21 bits per heavy atom. The van der Waals surface area contributed by atoms with E-state index in [2.05, 4.69) is 12.2 Å². The maximum Gasteiger partial charge on any atom is 0.326 e. The van der Waals surface area contributed by atoms with Crippen molar-refractivity contribution in [2.75, 3.05) is 19.4 Å². The first-order valence-corrected chi connectivity index (χ1v) is 15.7. The number of nitrogens with one attached hydrogen (secondary N) is 1. The summed E-state index contributed by atoms with van der Waals surface area (Å²) in [4.78, 5) is 63.0. The van der Waals surface area contributed by atoms with E-state index in [0.717, 1.165) is 31.2 Å². The Morgan fingerprint density at radius 3 is 2.64 bits per heavy atom. The maximum atomic E-state index is 13.5. The predicted molar refractivity (Wildman–Crippen MR) is 161 cm³/mol. The topological polar surface area (TPSA) is 176 Å². The molecule has 42 heavy (non-hydrogen) atoms. The van der Waals surface area contributed by atoms with Crippen molar-refractivity contribution in [3.05, 3.63) is 23.8 Å². The molecular weight excluding hydrogens is 562 g/mol. The van der Waals surface area contributed by atoms with Crippen molar-refractivity contribution in [1.29, 1.82) is 0 Å². The number of hydrogen-bond acceptors (Lipinski definition) is 9. The first-order valence-electron chi connectivity index (χ1n) is 14.6. The number of aryl methyl sites for hydroxylation is 1. The van der Waals surface area contributed by atoms with Gasteiger partial charge in [0.15, 0.2) is 11.5 Å². The molecule has 234 valence electrons. The molecule has 12 heteroatoms. The fourth-order valence-corrected chi connectivity index (χ4v) is 6.24. The fraction of sp³-hybridized carbons (Fsp3) is 0.633. The van der Waals surface area contributed by atoms with Gasteiger partial charge in [-0.1, -0.05) is 32.3 Å². The Bertz CT molecular complexity index is 1070. The summed E-state index contributed by atoms with van der Waals surface area (Å²) in [6.07, 6.45) is 6.36. The van der Waals surface area contributed by atoms with Gasteiger partial charge in [-0.05, 0) is 49.8 Å². The van der Waals surface area contributed by atoms with Crippen LogP contribution in [0.5, 0.6) is 11.5 Å². The molecule has 4 atom stereocenters. The molecule has 11 nitrogen and oxygen atoms in total. The van der Waals surface area contributed by atoms with Crippen molar-refractivity contribution in [2.24, 2.45) is 5.73 Å². The minimum atomic E-state index is -1.08. The molecule has 1 fully saturated rings. The van der Waals surface area contributed by atoms with Crippen molar-refractivity contribution < 1.29 is 38.9 Å². The number of rotatable bonds is 20. The van der Waals surface area contributed by atoms with Crippen molar-refractivity contribution >= 4 is 41.6 Å². The number of ketones is 1. The summed E-state index contributed by atoms with van der Waals surface area (Å²) < 4.78 is 5.15. The number of phenolic OH excluding ortho intramolecular Hbond substituents is 1. The lowest BCUT2D eigenvalue weighted by molar-refractivity contribution is -0.149. The number of carboxylic acid groups (broad SMARTS) is 1. The average Bonchev–Trinajstić information content (AvgIpc) is 3.47. The molecule has 5 N–H and O–H groups in total. The van der Waals surface area contributed by atoms with Crippen molar-refractivity contribution in [2.45, 2.75) is 101 Å². The number of aromatic hydroxyl groups is 1. The summed E-state index contributed by atoms with van der Waals surface area (Å²) in [5, 5.41) is 22.1. The number of Topliss-reactive ketones (excluding diaryl/α,β-unsaturated/α-hetero) is 1. The number of benzene rings is 1. The van der Waals surface area contributed by atoms with Gasteiger partial charge in [0.05, 0.1) is 13.2 Å². The van der Waals surface area contributed by atoms with E-state index >= 15 is 0 Å². The summed E-state index contributed by atoms with van der Waals surface area (Å²) in [6.45, 7) is 2.39. The lowest BCUT2D eigenvalue weighted by atomic mass is 10.0. The van der Waals surface area contributed by atoms with E-state index in [1.165, 1.54) is 29.8 Å². The van der Waals surface area contributed by atoms with Gasteiger partial charge in [0.2, 0.25) is 11.8 Å². The highest BCUT2D eigenvalue weighted by atomic mass is 32.2. The third kappa shape index (κ3) is 11.6. The zero-order valence-electron chi connectivity index (χ0n) is 24.6. The molecule has 1 aliphatic rings. The molecule has 1 aromatic rings. The van der Waals surface area contributed by atoms with E-state index in [1.54, 1.807) is 12.1 Å². The Balaban J connectivity index is 2.09. The summed E-state index contributed by atoms with van der Waals surface area (Å²) in [6, 6.07) is 2.30. The van der Waals surface area contributed by atoms with Gasteiger partial charge in [0.1, 0.15) is 24.2 Å². The lowest BCUT2D eigenvalue weighted by Crippen LogP contribution is -2.53. The van der Waals surface area contributed by atoms with Crippen LogP contribution in [0.1, 0.15) is 76.7 Å². The molecule has 0 spiro atoms. The summed E-state index contributed by atoms with van der Waals surface area (Å²) in [5.74, 6) is -1.35. The highest BCUT2D eigenvalue weighted by Gasteiger charge is 2.38. The molecule has 1 saturated heterocycles. The number of ether oxygens (including phenoxy) is 1. The smallest absolute Gasteiger partial charge is 0.326 e. The fourth-order valence-electron chi connectivity index (χ4n) is 4.91. The van der Waals surface area contributed by atoms with Crippen LogP contribution in [0, 0.1) is 0 Å². The number of carbonyl (C=O) groups is 5. The number of aliphatic carboxylic acids is 1. The standard InChI is InChI=1S/C30H45N3O8S/c1-3-4-5-7-23(17-22(35)12-9-20-10-13-26(36)27(16-20)41-2)42-19-24(32-28(37)14-11-21(31)18-34)29(38)33-15-6-8-25(33)30(39)40/h10,13,16,18,21,23-25,36H,3-9,11-12,14-15,17,19,31H2,1-2H3,(H,32,37)(H,39,40). The van der Waals surface area contributed by atoms with Crippen LogP contribution in [0.4, 0.5) is 0 Å². The minimum absolute atomic E-state index is 0.0337. The summed E-state index contributed by atoms with van der Waals surface area (Å²) in [7, 11) is 1.47. The Hall–Kier alpha value is -3.12. The average molecular weight is 608 g/mol. The Kier molecular flexibility index (Phi) is 15.4. The van der Waals surface area contributed by atoms with Gasteiger partial charge < -0.3 is 35.7 Å². The largest absolute Gasteiger partial charge is 0.504 e. The number of likely N-dealkylation sites (tertiary alicyclic amines) is 1. The maximum absolute atomic E-state index is 13.5. The monoisotopic (exact) mass is 607 g/mol. The first kappa shape index (κ1) is 35.1. The van der Waals surface area contributed by atoms with Gasteiger partial charge in [-0.2, -0.15) is 11.8 Å². The number of nitrogens with zero attached hydrogens (tertiary/aromatic N) is 1. The molecular formula is C30H45N3O8S. The molecule has 0 aromatic heterocycles. The van der Waals surface area contributed by atoms with Crippen LogP contribution in [-0.2, 0) is 30.4 Å². The van der Waals surface area contributed by atoms with E-state index in [0.29, 0.717) is 50.7 Å². The zero-order chi connectivity index (χ0) is 31.1. The van der Waals surface area contributed by atoms with Gasteiger partial charge in [-0.3, -0.25) is 14.4 Å². The molecule has 0 saturated carbocycles. The molecule has 1 heterocycles. The number of aldehydes is 1. The number of hydrogen-bond donors (Lipinski definition) is 4. The first-order chi connectivity index (χ1) is 20.1. The number of nitrogens with two attached hydrogens (primary N) is 1. The van der Waals surface area contributed by atoms with Crippen molar-refractivity contribution in [1.82, 2.24) is 10.2 Å². The van der Waals surface area contributed by atoms with Gasteiger partial charge >= 0.3 is 5.97 Å². The zero-order valence-corrected chi connectivity index (χ0v) is 25.4. The van der Waals surface area contributed by atoms with Crippen LogP contribution in [-0.4, -0.2) is 87.7 Å². The third-order valence-corrected chi connectivity index (χ3v) is 8.75. The van der Waals surface area contributed by atoms with E-state index in [-0.39, 0.29) is 35.4 Å². The highest BCUT2D eigenvalue weighted by molar-refractivity contribution is 8.00. The SMILES string of the molecule is CCCCCC(CC(=O)CCc1ccc(O)c(OC)c1)SCC(NC(=O)CCC(N)C=O)C(=O)N1CCCC1C(=O)O. The van der Waals surface area contributed by atoms with E-state index in [1.807, 2.05) is 0 Å². The van der Waals surface area contributed by atoms with Crippen LogP contribution in [0.15, 0.2) is 18.2 Å².